The highest BCUT2D eigenvalue weighted by Crippen LogP contribution is 2.30. The van der Waals surface area contributed by atoms with Crippen LogP contribution in [0.2, 0.25) is 0 Å². The van der Waals surface area contributed by atoms with Crippen LogP contribution in [0.5, 0.6) is 5.75 Å². The molecule has 2 nitrogen and oxygen atoms in total. The zero-order chi connectivity index (χ0) is 13.0. The van der Waals surface area contributed by atoms with E-state index in [1.807, 2.05) is 18.2 Å². The molecule has 0 saturated heterocycles. The highest BCUT2D eigenvalue weighted by Gasteiger charge is 2.06. The largest absolute Gasteiger partial charge is 0.496 e. The van der Waals surface area contributed by atoms with Crippen molar-refractivity contribution in [3.05, 3.63) is 54.1 Å². The molecule has 0 fully saturated rings. The molecule has 2 heteroatoms. The van der Waals surface area contributed by atoms with E-state index in [9.17, 15) is 0 Å². The maximum Gasteiger partial charge on any atom is 0.126 e. The first-order valence-electron chi connectivity index (χ1n) is 6.25. The van der Waals surface area contributed by atoms with Gasteiger partial charge in [0, 0.05) is 11.6 Å². The third-order valence-electron chi connectivity index (χ3n) is 3.20. The number of para-hydroxylation sites is 1. The topological polar surface area (TPSA) is 35.2 Å². The van der Waals surface area contributed by atoms with Gasteiger partial charge >= 0.3 is 0 Å². The lowest BCUT2D eigenvalue weighted by molar-refractivity contribution is 0.416. The molecule has 2 N–H and O–H groups in total. The Morgan fingerprint density at radius 1 is 1.06 bits per heavy atom. The van der Waals surface area contributed by atoms with Gasteiger partial charge in [0.15, 0.2) is 0 Å². The SMILES string of the molecule is CCC(N)c1ccc(-c2ccccc2OC)cc1. The average molecular weight is 241 g/mol. The van der Waals surface area contributed by atoms with E-state index >= 15 is 0 Å². The predicted octanol–water partition coefficient (Wildman–Crippen LogP) is 3.77. The fraction of sp³-hybridized carbons (Fsp3) is 0.250. The smallest absolute Gasteiger partial charge is 0.126 e. The third-order valence-corrected chi connectivity index (χ3v) is 3.20. The van der Waals surface area contributed by atoms with Crippen LogP contribution in [0.1, 0.15) is 24.9 Å². The van der Waals surface area contributed by atoms with Crippen LogP contribution in [0, 0.1) is 0 Å². The molecule has 2 aromatic carbocycles. The first-order chi connectivity index (χ1) is 8.76. The van der Waals surface area contributed by atoms with Crippen molar-refractivity contribution in [2.45, 2.75) is 19.4 Å². The van der Waals surface area contributed by atoms with Crippen molar-refractivity contribution >= 4 is 0 Å². The van der Waals surface area contributed by atoms with Crippen molar-refractivity contribution in [3.8, 4) is 16.9 Å². The van der Waals surface area contributed by atoms with E-state index < -0.39 is 0 Å². The zero-order valence-electron chi connectivity index (χ0n) is 10.9. The maximum absolute atomic E-state index is 6.01. The molecule has 94 valence electrons. The lowest BCUT2D eigenvalue weighted by Crippen LogP contribution is -2.08. The minimum atomic E-state index is 0.122. The molecule has 1 unspecified atom stereocenters. The Morgan fingerprint density at radius 3 is 2.33 bits per heavy atom. The second-order valence-electron chi connectivity index (χ2n) is 4.34. The molecule has 2 aromatic rings. The molecular formula is C16H19NO. The van der Waals surface area contributed by atoms with E-state index in [0.29, 0.717) is 0 Å². The van der Waals surface area contributed by atoms with Crippen molar-refractivity contribution in [3.63, 3.8) is 0 Å². The van der Waals surface area contributed by atoms with Crippen LogP contribution in [-0.4, -0.2) is 7.11 Å². The van der Waals surface area contributed by atoms with Crippen molar-refractivity contribution in [1.29, 1.82) is 0 Å². The van der Waals surface area contributed by atoms with Crippen LogP contribution in [-0.2, 0) is 0 Å². The number of hydrogen-bond acceptors (Lipinski definition) is 2. The van der Waals surface area contributed by atoms with Gasteiger partial charge in [0.05, 0.1) is 7.11 Å². The lowest BCUT2D eigenvalue weighted by Gasteiger charge is -2.11. The zero-order valence-corrected chi connectivity index (χ0v) is 10.9. The normalized spacial score (nSPS) is 12.2. The van der Waals surface area contributed by atoms with Gasteiger partial charge in [0.2, 0.25) is 0 Å². The summed E-state index contributed by atoms with van der Waals surface area (Å²) in [5.41, 5.74) is 9.45. The number of ether oxygens (including phenoxy) is 1. The molecule has 0 amide bonds. The van der Waals surface area contributed by atoms with Crippen molar-refractivity contribution in [2.75, 3.05) is 7.11 Å². The summed E-state index contributed by atoms with van der Waals surface area (Å²) in [4.78, 5) is 0. The second kappa shape index (κ2) is 5.69. The minimum absolute atomic E-state index is 0.122. The van der Waals surface area contributed by atoms with Crippen LogP contribution >= 0.6 is 0 Å². The van der Waals surface area contributed by atoms with Gasteiger partial charge in [0.1, 0.15) is 5.75 Å². The second-order valence-corrected chi connectivity index (χ2v) is 4.34. The van der Waals surface area contributed by atoms with Crippen LogP contribution < -0.4 is 10.5 Å². The number of rotatable bonds is 4. The molecule has 0 aliphatic heterocycles. The van der Waals surface area contributed by atoms with Gasteiger partial charge in [-0.2, -0.15) is 0 Å². The van der Waals surface area contributed by atoms with Gasteiger partial charge in [-0.25, -0.2) is 0 Å². The summed E-state index contributed by atoms with van der Waals surface area (Å²) >= 11 is 0. The van der Waals surface area contributed by atoms with E-state index in [2.05, 4.69) is 37.3 Å². The Kier molecular flexibility index (Phi) is 4.00. The van der Waals surface area contributed by atoms with E-state index in [4.69, 9.17) is 10.5 Å². The summed E-state index contributed by atoms with van der Waals surface area (Å²) in [7, 11) is 1.69. The van der Waals surface area contributed by atoms with Crippen LogP contribution in [0.15, 0.2) is 48.5 Å². The molecule has 1 atom stereocenters. The highest BCUT2D eigenvalue weighted by atomic mass is 16.5. The van der Waals surface area contributed by atoms with Gasteiger partial charge < -0.3 is 10.5 Å². The van der Waals surface area contributed by atoms with Crippen molar-refractivity contribution < 1.29 is 4.74 Å². The van der Waals surface area contributed by atoms with E-state index in [0.717, 1.165) is 23.3 Å². The number of nitrogens with two attached hydrogens (primary N) is 1. The average Bonchev–Trinajstić information content (AvgIpc) is 2.46. The van der Waals surface area contributed by atoms with E-state index in [-0.39, 0.29) is 6.04 Å². The molecule has 0 bridgehead atoms. The quantitative estimate of drug-likeness (QED) is 0.884. The van der Waals surface area contributed by atoms with Crippen LogP contribution in [0.25, 0.3) is 11.1 Å². The molecule has 0 aliphatic rings. The Bertz CT molecular complexity index is 505. The van der Waals surface area contributed by atoms with Crippen molar-refractivity contribution in [1.82, 2.24) is 0 Å². The van der Waals surface area contributed by atoms with E-state index in [1.165, 1.54) is 5.56 Å². The first kappa shape index (κ1) is 12.7. The predicted molar refractivity (Wildman–Crippen MR) is 75.6 cm³/mol. The summed E-state index contributed by atoms with van der Waals surface area (Å²) in [6.07, 6.45) is 0.952. The molecule has 0 aromatic heterocycles. The fourth-order valence-corrected chi connectivity index (χ4v) is 2.03. The number of methoxy groups -OCH3 is 1. The van der Waals surface area contributed by atoms with E-state index in [1.54, 1.807) is 7.11 Å². The Labute approximate surface area is 108 Å². The molecule has 0 spiro atoms. The fourth-order valence-electron chi connectivity index (χ4n) is 2.03. The highest BCUT2D eigenvalue weighted by molar-refractivity contribution is 5.70. The molecular weight excluding hydrogens is 222 g/mol. The van der Waals surface area contributed by atoms with Gasteiger partial charge in [-0.3, -0.25) is 0 Å². The standard InChI is InChI=1S/C16H19NO/c1-3-15(17)13-10-8-12(9-11-13)14-6-4-5-7-16(14)18-2/h4-11,15H,3,17H2,1-2H3. The number of hydrogen-bond donors (Lipinski definition) is 1. The van der Waals surface area contributed by atoms with Gasteiger partial charge in [-0.15, -0.1) is 0 Å². The summed E-state index contributed by atoms with van der Waals surface area (Å²) in [6.45, 7) is 2.10. The summed E-state index contributed by atoms with van der Waals surface area (Å²) < 4.78 is 5.37. The summed E-state index contributed by atoms with van der Waals surface area (Å²) in [5.74, 6) is 0.894. The maximum atomic E-state index is 6.01. The monoisotopic (exact) mass is 241 g/mol. The van der Waals surface area contributed by atoms with Gasteiger partial charge in [0.25, 0.3) is 0 Å². The molecule has 0 saturated carbocycles. The first-order valence-corrected chi connectivity index (χ1v) is 6.25. The molecule has 0 heterocycles. The Balaban J connectivity index is 2.34. The number of benzene rings is 2. The lowest BCUT2D eigenvalue weighted by atomic mass is 9.99. The van der Waals surface area contributed by atoms with Crippen LogP contribution in [0.4, 0.5) is 0 Å². The molecule has 0 aliphatic carbocycles. The van der Waals surface area contributed by atoms with Crippen LogP contribution in [0.3, 0.4) is 0 Å². The Hall–Kier alpha value is -1.80. The minimum Gasteiger partial charge on any atom is -0.496 e. The molecule has 0 radical (unpaired) electrons. The summed E-state index contributed by atoms with van der Waals surface area (Å²) in [5, 5.41) is 0. The van der Waals surface area contributed by atoms with Gasteiger partial charge in [-0.1, -0.05) is 49.4 Å². The van der Waals surface area contributed by atoms with Gasteiger partial charge in [-0.05, 0) is 23.6 Å². The van der Waals surface area contributed by atoms with Crippen molar-refractivity contribution in [2.24, 2.45) is 5.73 Å². The third kappa shape index (κ3) is 2.54. The Morgan fingerprint density at radius 2 is 1.72 bits per heavy atom. The summed E-state index contributed by atoms with van der Waals surface area (Å²) in [6, 6.07) is 16.5. The molecule has 2 rings (SSSR count). The molecule has 18 heavy (non-hydrogen) atoms.